The van der Waals surface area contributed by atoms with Crippen molar-refractivity contribution in [3.63, 3.8) is 0 Å². The van der Waals surface area contributed by atoms with E-state index in [9.17, 15) is 14.4 Å². The zero-order valence-electron chi connectivity index (χ0n) is 22.7. The number of likely N-dealkylation sites (tertiary alicyclic amines) is 1. The summed E-state index contributed by atoms with van der Waals surface area (Å²) in [6, 6.07) is 13.6. The van der Waals surface area contributed by atoms with Gasteiger partial charge in [0.25, 0.3) is 0 Å². The van der Waals surface area contributed by atoms with E-state index in [1.807, 2.05) is 29.2 Å². The number of guanidine groups is 1. The van der Waals surface area contributed by atoms with E-state index in [2.05, 4.69) is 26.7 Å². The van der Waals surface area contributed by atoms with Gasteiger partial charge in [-0.2, -0.15) is 5.26 Å². The number of hydrogen-bond donors (Lipinski definition) is 1. The largest absolute Gasteiger partial charge is 0.369 e. The average Bonchev–Trinajstić information content (AvgIpc) is 3.41. The first kappa shape index (κ1) is 27.2. The van der Waals surface area contributed by atoms with Crippen LogP contribution in [0.25, 0.3) is 11.4 Å². The van der Waals surface area contributed by atoms with Crippen LogP contribution in [0.4, 0.5) is 10.1 Å². The Morgan fingerprint density at radius 2 is 1.88 bits per heavy atom. The lowest BCUT2D eigenvalue weighted by molar-refractivity contribution is -0.140. The molecule has 0 radical (unpaired) electrons. The van der Waals surface area contributed by atoms with Crippen LogP contribution in [-0.2, 0) is 18.3 Å². The molecule has 208 valence electrons. The summed E-state index contributed by atoms with van der Waals surface area (Å²) in [6.07, 6.45) is 8.27. The maximum atomic E-state index is 13.8. The molecule has 1 saturated heterocycles. The summed E-state index contributed by atoms with van der Waals surface area (Å²) in [5, 5.41) is 21.6. The van der Waals surface area contributed by atoms with Gasteiger partial charge in [0.2, 0.25) is 11.9 Å². The summed E-state index contributed by atoms with van der Waals surface area (Å²) in [4.78, 5) is 21.7. The highest BCUT2D eigenvalue weighted by Gasteiger charge is 2.39. The molecule has 0 spiro atoms. The number of rotatable bonds is 6. The summed E-state index contributed by atoms with van der Waals surface area (Å²) in [7, 11) is 1.77. The van der Waals surface area contributed by atoms with Crippen LogP contribution >= 0.6 is 0 Å². The Hall–Kier alpha value is -4.33. The Kier molecular flexibility index (Phi) is 8.34. The molecule has 2 N–H and O–H groups in total. The average molecular weight is 544 g/mol. The Morgan fingerprint density at radius 1 is 1.12 bits per heavy atom. The lowest BCUT2D eigenvalue weighted by Gasteiger charge is -2.40. The van der Waals surface area contributed by atoms with Crippen molar-refractivity contribution in [3.05, 3.63) is 59.9 Å². The van der Waals surface area contributed by atoms with Gasteiger partial charge in [0.05, 0.1) is 17.6 Å². The molecule has 1 saturated carbocycles. The maximum absolute atomic E-state index is 13.8. The third kappa shape index (κ3) is 6.11. The molecule has 11 heteroatoms. The van der Waals surface area contributed by atoms with Crippen molar-refractivity contribution >= 4 is 17.6 Å². The fraction of sp³-hybridized carbons (Fsp3) is 0.448. The normalized spacial score (nSPS) is 21.6. The van der Waals surface area contributed by atoms with Crippen LogP contribution in [0.15, 0.2) is 53.5 Å². The molecule has 10 nitrogen and oxygen atoms in total. The first-order chi connectivity index (χ1) is 19.4. The van der Waals surface area contributed by atoms with Crippen LogP contribution in [0.5, 0.6) is 0 Å². The van der Waals surface area contributed by atoms with E-state index < -0.39 is 0 Å². The Labute approximate surface area is 233 Å². The van der Waals surface area contributed by atoms with Crippen molar-refractivity contribution in [2.75, 3.05) is 13.1 Å². The van der Waals surface area contributed by atoms with Gasteiger partial charge in [0, 0.05) is 25.7 Å². The van der Waals surface area contributed by atoms with Crippen LogP contribution in [0.2, 0.25) is 0 Å². The number of aliphatic imine (C=N–C) groups is 1. The highest BCUT2D eigenvalue weighted by atomic mass is 19.1. The summed E-state index contributed by atoms with van der Waals surface area (Å²) >= 11 is 0. The van der Waals surface area contributed by atoms with Crippen molar-refractivity contribution in [2.24, 2.45) is 29.6 Å². The van der Waals surface area contributed by atoms with E-state index in [4.69, 9.17) is 5.73 Å². The van der Waals surface area contributed by atoms with E-state index in [-0.39, 0.29) is 29.6 Å². The van der Waals surface area contributed by atoms with Crippen molar-refractivity contribution in [1.82, 2.24) is 30.0 Å². The minimum absolute atomic E-state index is 0.0769. The second-order valence-corrected chi connectivity index (χ2v) is 10.7. The number of carbonyl (C=O) groups excluding carboxylic acids is 1. The second-order valence-electron chi connectivity index (χ2n) is 10.7. The van der Waals surface area contributed by atoms with Gasteiger partial charge in [-0.25, -0.2) is 19.0 Å². The predicted molar refractivity (Wildman–Crippen MR) is 148 cm³/mol. The van der Waals surface area contributed by atoms with Crippen molar-refractivity contribution in [1.29, 1.82) is 5.26 Å². The second kappa shape index (κ2) is 12.2. The van der Waals surface area contributed by atoms with Gasteiger partial charge < -0.3 is 10.6 Å². The van der Waals surface area contributed by atoms with Gasteiger partial charge in [-0.15, -0.1) is 5.10 Å². The van der Waals surface area contributed by atoms with Crippen LogP contribution in [0, 0.1) is 29.1 Å². The third-order valence-electron chi connectivity index (χ3n) is 7.99. The molecule has 0 unspecified atom stereocenters. The summed E-state index contributed by atoms with van der Waals surface area (Å²) < 4.78 is 14.9. The molecular weight excluding hydrogens is 509 g/mol. The molecule has 0 bridgehead atoms. The highest BCUT2D eigenvalue weighted by Crippen LogP contribution is 2.32. The van der Waals surface area contributed by atoms with Crippen molar-refractivity contribution in [2.45, 2.75) is 51.0 Å². The molecule has 40 heavy (non-hydrogen) atoms. The van der Waals surface area contributed by atoms with Gasteiger partial charge in [-0.05, 0) is 90.4 Å². The molecule has 3 atom stereocenters. The third-order valence-corrected chi connectivity index (χ3v) is 7.99. The Balaban J connectivity index is 1.28. The van der Waals surface area contributed by atoms with Gasteiger partial charge >= 0.3 is 0 Å². The number of aryl methyl sites for hydroxylation is 1. The lowest BCUT2D eigenvalue weighted by atomic mass is 9.81. The van der Waals surface area contributed by atoms with Crippen LogP contribution in [-0.4, -0.2) is 61.0 Å². The van der Waals surface area contributed by atoms with E-state index >= 15 is 0 Å². The van der Waals surface area contributed by atoms with Gasteiger partial charge in [0.1, 0.15) is 5.82 Å². The molecule has 2 aromatic carbocycles. The fourth-order valence-corrected chi connectivity index (χ4v) is 5.97. The topological polar surface area (TPSA) is 129 Å². The zero-order valence-corrected chi connectivity index (χ0v) is 22.7. The quantitative estimate of drug-likeness (QED) is 0.217. The van der Waals surface area contributed by atoms with E-state index in [1.165, 1.54) is 17.0 Å². The molecule has 1 aliphatic heterocycles. The molecule has 3 aromatic rings. The van der Waals surface area contributed by atoms with Crippen molar-refractivity contribution in [3.8, 4) is 17.6 Å². The number of aromatic nitrogens is 4. The SMILES string of the molecule is Cn1nnnc1-c1ccc(N=C(N)N(C#N)[C@@H]2CCCC[C@H]2C(=O)N2CCC[C@H](Cc3ccc(F)cc3)C2)cc1. The number of nitriles is 1. The first-order valence-corrected chi connectivity index (χ1v) is 13.8. The summed E-state index contributed by atoms with van der Waals surface area (Å²) in [5.74, 6) is 0.551. The standard InChI is InChI=1S/C29H34FN9O/c1-37-27(34-35-36-37)22-10-14-24(15-11-22)33-29(32)39(19-31)26-7-3-2-6-25(26)28(40)38-16-4-5-21(18-38)17-20-8-12-23(30)13-9-20/h8-15,21,25-26H,2-7,16-18H2,1H3,(H2,32,33)/t21-,25-,26-/m1/s1. The highest BCUT2D eigenvalue weighted by molar-refractivity contribution is 5.85. The van der Waals surface area contributed by atoms with Crippen LogP contribution in [0.3, 0.4) is 0 Å². The fourth-order valence-electron chi connectivity index (χ4n) is 5.97. The molecule has 1 aliphatic carbocycles. The number of nitrogens with two attached hydrogens (primary N) is 1. The van der Waals surface area contributed by atoms with Gasteiger partial charge in [0.15, 0.2) is 12.0 Å². The van der Waals surface area contributed by atoms with E-state index in [0.717, 1.165) is 43.2 Å². The number of carbonyl (C=O) groups is 1. The minimum Gasteiger partial charge on any atom is -0.369 e. The Bertz CT molecular complexity index is 1380. The number of halogens is 1. The zero-order chi connectivity index (χ0) is 28.1. The summed E-state index contributed by atoms with van der Waals surface area (Å²) in [6.45, 7) is 1.38. The molecule has 2 heterocycles. The number of nitrogens with zero attached hydrogens (tertiary/aromatic N) is 8. The van der Waals surface area contributed by atoms with Gasteiger partial charge in [-0.1, -0.05) is 25.0 Å². The monoisotopic (exact) mass is 543 g/mol. The molecule has 5 rings (SSSR count). The number of hydrogen-bond acceptors (Lipinski definition) is 6. The van der Waals surface area contributed by atoms with Gasteiger partial charge in [-0.3, -0.25) is 4.79 Å². The number of benzene rings is 2. The molecular formula is C29H34FN9O. The minimum atomic E-state index is -0.337. The lowest BCUT2D eigenvalue weighted by Crippen LogP contribution is -2.53. The smallest absolute Gasteiger partial charge is 0.227 e. The molecule has 2 fully saturated rings. The van der Waals surface area contributed by atoms with E-state index in [0.29, 0.717) is 43.4 Å². The molecule has 1 amide bonds. The predicted octanol–water partition coefficient (Wildman–Crippen LogP) is 3.79. The Morgan fingerprint density at radius 3 is 2.58 bits per heavy atom. The maximum Gasteiger partial charge on any atom is 0.227 e. The summed E-state index contributed by atoms with van der Waals surface area (Å²) in [5.41, 5.74) is 8.88. The number of amides is 1. The van der Waals surface area contributed by atoms with Crippen LogP contribution < -0.4 is 5.73 Å². The van der Waals surface area contributed by atoms with Crippen molar-refractivity contribution < 1.29 is 9.18 Å². The molecule has 1 aromatic heterocycles. The first-order valence-electron chi connectivity index (χ1n) is 13.8. The number of tetrazole rings is 1. The molecule has 2 aliphatic rings. The number of piperidine rings is 1. The van der Waals surface area contributed by atoms with E-state index in [1.54, 1.807) is 23.9 Å². The van der Waals surface area contributed by atoms with Crippen LogP contribution in [0.1, 0.15) is 44.1 Å².